The number of benzene rings is 1. The summed E-state index contributed by atoms with van der Waals surface area (Å²) in [6.45, 7) is 1.78. The lowest BCUT2D eigenvalue weighted by molar-refractivity contribution is -0.140. The zero-order valence-electron chi connectivity index (χ0n) is 12.3. The normalized spacial score (nSPS) is 10.6. The summed E-state index contributed by atoms with van der Waals surface area (Å²) in [6.07, 6.45) is 2.03. The molecule has 0 saturated carbocycles. The highest BCUT2D eigenvalue weighted by Gasteiger charge is 2.13. The van der Waals surface area contributed by atoms with E-state index < -0.39 is 0 Å². The van der Waals surface area contributed by atoms with Crippen LogP contribution in [0.3, 0.4) is 0 Å². The lowest BCUT2D eigenvalue weighted by Crippen LogP contribution is -2.30. The van der Waals surface area contributed by atoms with E-state index in [-0.39, 0.29) is 5.97 Å². The smallest absolute Gasteiger partial charge is 0.307 e. The molecule has 0 aliphatic carbocycles. The molecular weight excluding hydrogens is 270 g/mol. The van der Waals surface area contributed by atoms with Crippen LogP contribution in [0.2, 0.25) is 0 Å². The molecule has 0 radical (unpaired) electrons. The molecule has 0 saturated heterocycles. The van der Waals surface area contributed by atoms with Crippen LogP contribution in [-0.4, -0.2) is 50.1 Å². The first-order valence-corrected chi connectivity index (χ1v) is 6.77. The summed E-state index contributed by atoms with van der Waals surface area (Å²) in [5.41, 5.74) is 1.78. The molecule has 112 valence electrons. The summed E-state index contributed by atoms with van der Waals surface area (Å²) >= 11 is 0. The fourth-order valence-electron chi connectivity index (χ4n) is 2.13. The Kier molecular flexibility index (Phi) is 5.45. The minimum atomic E-state index is -0.233. The fraction of sp³-hybridized carbons (Fsp3) is 0.400. The molecule has 21 heavy (non-hydrogen) atoms. The van der Waals surface area contributed by atoms with E-state index in [1.165, 1.54) is 7.11 Å². The predicted molar refractivity (Wildman–Crippen MR) is 80.3 cm³/mol. The van der Waals surface area contributed by atoms with Gasteiger partial charge in [-0.2, -0.15) is 10.2 Å². The van der Waals surface area contributed by atoms with Gasteiger partial charge in [0.25, 0.3) is 0 Å². The van der Waals surface area contributed by atoms with Gasteiger partial charge in [0.15, 0.2) is 0 Å². The number of carbonyl (C=O) groups excluding carboxylic acids is 1. The molecule has 0 aliphatic heterocycles. The van der Waals surface area contributed by atoms with Crippen molar-refractivity contribution in [3.8, 4) is 0 Å². The number of hydrogen-bond donors (Lipinski definition) is 0. The van der Waals surface area contributed by atoms with Gasteiger partial charge in [-0.15, -0.1) is 0 Å². The second kappa shape index (κ2) is 7.54. The highest BCUT2D eigenvalue weighted by atomic mass is 16.5. The van der Waals surface area contributed by atoms with Crippen LogP contribution < -0.4 is 4.90 Å². The number of esters is 1. The number of anilines is 1. The number of ether oxygens (including phenoxy) is 2. The van der Waals surface area contributed by atoms with Crippen molar-refractivity contribution in [1.29, 1.82) is 0 Å². The lowest BCUT2D eigenvalue weighted by atomic mass is 10.2. The zero-order valence-corrected chi connectivity index (χ0v) is 12.3. The summed E-state index contributed by atoms with van der Waals surface area (Å²) in [5, 5.41) is 9.16. The van der Waals surface area contributed by atoms with E-state index in [1.807, 2.05) is 24.3 Å². The van der Waals surface area contributed by atoms with Crippen molar-refractivity contribution in [2.75, 3.05) is 38.8 Å². The maximum atomic E-state index is 11.4. The second-order valence-corrected chi connectivity index (χ2v) is 4.55. The maximum absolute atomic E-state index is 11.4. The van der Waals surface area contributed by atoms with Crippen molar-refractivity contribution in [3.63, 3.8) is 0 Å². The molecule has 0 atom stereocenters. The number of fused-ring (bicyclic) bond motifs is 1. The SMILES string of the molecule is COCCN(CCC(=O)OC)c1cnnc2ccccc12. The molecule has 2 aromatic rings. The largest absolute Gasteiger partial charge is 0.469 e. The predicted octanol–water partition coefficient (Wildman–Crippen LogP) is 1.65. The number of nitrogens with zero attached hydrogens (tertiary/aromatic N) is 3. The van der Waals surface area contributed by atoms with Gasteiger partial charge in [-0.25, -0.2) is 0 Å². The topological polar surface area (TPSA) is 64.5 Å². The first-order chi connectivity index (χ1) is 10.3. The Bertz CT molecular complexity index is 598. The molecule has 0 spiro atoms. The number of rotatable bonds is 7. The first kappa shape index (κ1) is 15.2. The van der Waals surface area contributed by atoms with E-state index in [2.05, 4.69) is 15.1 Å². The van der Waals surface area contributed by atoms with Gasteiger partial charge in [0.1, 0.15) is 0 Å². The summed E-state index contributed by atoms with van der Waals surface area (Å²) in [6, 6.07) is 7.80. The minimum absolute atomic E-state index is 0.233. The fourth-order valence-corrected chi connectivity index (χ4v) is 2.13. The highest BCUT2D eigenvalue weighted by molar-refractivity contribution is 5.90. The van der Waals surface area contributed by atoms with Gasteiger partial charge in [0.05, 0.1) is 37.5 Å². The molecule has 1 aromatic heterocycles. The molecule has 2 rings (SSSR count). The summed E-state index contributed by atoms with van der Waals surface area (Å²) in [4.78, 5) is 13.4. The number of aromatic nitrogens is 2. The summed E-state index contributed by atoms with van der Waals surface area (Å²) < 4.78 is 9.85. The Balaban J connectivity index is 2.27. The average Bonchev–Trinajstić information content (AvgIpc) is 2.54. The molecule has 1 aromatic carbocycles. The summed E-state index contributed by atoms with van der Waals surface area (Å²) in [7, 11) is 3.05. The van der Waals surface area contributed by atoms with Gasteiger partial charge < -0.3 is 14.4 Å². The van der Waals surface area contributed by atoms with E-state index in [9.17, 15) is 4.79 Å². The van der Waals surface area contributed by atoms with Crippen molar-refractivity contribution in [2.45, 2.75) is 6.42 Å². The molecule has 0 fully saturated rings. The van der Waals surface area contributed by atoms with Gasteiger partial charge in [0.2, 0.25) is 0 Å². The van der Waals surface area contributed by atoms with Gasteiger partial charge in [-0.05, 0) is 6.07 Å². The minimum Gasteiger partial charge on any atom is -0.469 e. The standard InChI is InChI=1S/C15H19N3O3/c1-20-10-9-18(8-7-15(19)21-2)14-11-16-17-13-6-4-3-5-12(13)14/h3-6,11H,7-10H2,1-2H3. The zero-order chi connectivity index (χ0) is 15.1. The van der Waals surface area contributed by atoms with E-state index in [0.717, 1.165) is 16.6 Å². The number of methoxy groups -OCH3 is 2. The van der Waals surface area contributed by atoms with Gasteiger partial charge in [-0.1, -0.05) is 18.2 Å². The van der Waals surface area contributed by atoms with Crippen LogP contribution in [0.15, 0.2) is 30.5 Å². The van der Waals surface area contributed by atoms with Crippen molar-refractivity contribution in [2.24, 2.45) is 0 Å². The number of carbonyl (C=O) groups is 1. The van der Waals surface area contributed by atoms with E-state index >= 15 is 0 Å². The van der Waals surface area contributed by atoms with Gasteiger partial charge >= 0.3 is 5.97 Å². The quantitative estimate of drug-likeness (QED) is 0.722. The van der Waals surface area contributed by atoms with Crippen molar-refractivity contribution >= 4 is 22.6 Å². The third-order valence-electron chi connectivity index (χ3n) is 3.25. The molecule has 0 aliphatic rings. The van der Waals surface area contributed by atoms with E-state index in [0.29, 0.717) is 26.1 Å². The second-order valence-electron chi connectivity index (χ2n) is 4.55. The Morgan fingerprint density at radius 3 is 2.81 bits per heavy atom. The molecular formula is C15H19N3O3. The van der Waals surface area contributed by atoms with Crippen molar-refractivity contribution in [1.82, 2.24) is 10.2 Å². The molecule has 0 bridgehead atoms. The van der Waals surface area contributed by atoms with Crippen LogP contribution in [0.4, 0.5) is 5.69 Å². The average molecular weight is 289 g/mol. The summed E-state index contributed by atoms with van der Waals surface area (Å²) in [5.74, 6) is -0.233. The van der Waals surface area contributed by atoms with E-state index in [1.54, 1.807) is 13.3 Å². The monoisotopic (exact) mass is 289 g/mol. The maximum Gasteiger partial charge on any atom is 0.307 e. The van der Waals surface area contributed by atoms with Crippen LogP contribution in [0, 0.1) is 0 Å². The third kappa shape index (κ3) is 3.88. The Hall–Kier alpha value is -2.21. The van der Waals surface area contributed by atoms with Crippen molar-refractivity contribution in [3.05, 3.63) is 30.5 Å². The van der Waals surface area contributed by atoms with Crippen LogP contribution in [0.25, 0.3) is 10.9 Å². The molecule has 0 N–H and O–H groups in total. The molecule has 0 amide bonds. The number of hydrogen-bond acceptors (Lipinski definition) is 6. The Morgan fingerprint density at radius 1 is 1.24 bits per heavy atom. The Labute approximate surface area is 123 Å². The molecule has 6 heteroatoms. The van der Waals surface area contributed by atoms with E-state index in [4.69, 9.17) is 9.47 Å². The molecule has 1 heterocycles. The van der Waals surface area contributed by atoms with Gasteiger partial charge in [0, 0.05) is 25.6 Å². The van der Waals surface area contributed by atoms with Crippen LogP contribution in [0.5, 0.6) is 0 Å². The first-order valence-electron chi connectivity index (χ1n) is 6.77. The van der Waals surface area contributed by atoms with Crippen molar-refractivity contribution < 1.29 is 14.3 Å². The highest BCUT2D eigenvalue weighted by Crippen LogP contribution is 2.24. The molecule has 6 nitrogen and oxygen atoms in total. The van der Waals surface area contributed by atoms with Gasteiger partial charge in [-0.3, -0.25) is 4.79 Å². The Morgan fingerprint density at radius 2 is 2.05 bits per heavy atom. The lowest BCUT2D eigenvalue weighted by Gasteiger charge is -2.24. The molecule has 0 unspecified atom stereocenters. The van der Waals surface area contributed by atoms with Crippen LogP contribution in [0.1, 0.15) is 6.42 Å². The van der Waals surface area contributed by atoms with Crippen LogP contribution in [-0.2, 0) is 14.3 Å². The van der Waals surface area contributed by atoms with Crippen LogP contribution >= 0.6 is 0 Å². The third-order valence-corrected chi connectivity index (χ3v) is 3.25.